The van der Waals surface area contributed by atoms with Gasteiger partial charge in [0.15, 0.2) is 0 Å². The van der Waals surface area contributed by atoms with E-state index in [9.17, 15) is 4.79 Å². The maximum Gasteiger partial charge on any atom is 0.253 e. The fraction of sp³-hybridized carbons (Fsp3) is 0.414. The van der Waals surface area contributed by atoms with Crippen molar-refractivity contribution < 1.29 is 9.47 Å². The molecule has 1 aromatic carbocycles. The Bertz CT molecular complexity index is 1550. The number of aryl methyl sites for hydroxylation is 4. The van der Waals surface area contributed by atoms with Crippen LogP contribution in [-0.4, -0.2) is 46.2 Å². The molecule has 0 N–H and O–H groups in total. The van der Waals surface area contributed by atoms with Gasteiger partial charge in [-0.15, -0.1) is 0 Å². The lowest BCUT2D eigenvalue weighted by atomic mass is 9.94. The van der Waals surface area contributed by atoms with Gasteiger partial charge in [-0.2, -0.15) is 5.10 Å². The third kappa shape index (κ3) is 4.09. The summed E-state index contributed by atoms with van der Waals surface area (Å²) >= 11 is 0. The number of rotatable bonds is 4. The Hall–Kier alpha value is -3.65. The van der Waals surface area contributed by atoms with Gasteiger partial charge in [-0.25, -0.2) is 4.98 Å². The van der Waals surface area contributed by atoms with Crippen LogP contribution in [0.2, 0.25) is 0 Å². The predicted octanol–water partition coefficient (Wildman–Crippen LogP) is 4.63. The van der Waals surface area contributed by atoms with Gasteiger partial charge >= 0.3 is 0 Å². The Morgan fingerprint density at radius 3 is 2.65 bits per heavy atom. The Kier molecular flexibility index (Phi) is 5.99. The van der Waals surface area contributed by atoms with Crippen LogP contribution in [0.1, 0.15) is 42.0 Å². The largest absolute Gasteiger partial charge is 0.496 e. The molecule has 0 amide bonds. The first-order valence-electron chi connectivity index (χ1n) is 13.0. The molecule has 0 aliphatic carbocycles. The molecular weight excluding hydrogens is 466 g/mol. The standard InChI is InChI=1S/C29H33N5O3/c1-18-12-23-26(33(3)29(18)35)14-24(19-7-10-37-11-8-19)31-28(23)34-9-5-6-20-13-22(21-16-30-32(2)17-21)27(36-4)15-25(20)34/h12-17,19H,5-11H2,1-4H3. The van der Waals surface area contributed by atoms with E-state index in [4.69, 9.17) is 14.5 Å². The van der Waals surface area contributed by atoms with E-state index < -0.39 is 0 Å². The molecule has 8 nitrogen and oxygen atoms in total. The van der Waals surface area contributed by atoms with Crippen LogP contribution >= 0.6 is 0 Å². The zero-order valence-corrected chi connectivity index (χ0v) is 22.0. The molecular formula is C29H33N5O3. The highest BCUT2D eigenvalue weighted by Crippen LogP contribution is 2.43. The molecule has 1 saturated heterocycles. The van der Waals surface area contributed by atoms with Gasteiger partial charge in [0, 0.05) is 85.5 Å². The molecule has 2 aliphatic rings. The first kappa shape index (κ1) is 23.7. The van der Waals surface area contributed by atoms with E-state index in [-0.39, 0.29) is 5.56 Å². The molecule has 6 rings (SSSR count). The smallest absolute Gasteiger partial charge is 0.253 e. The van der Waals surface area contributed by atoms with Crippen LogP contribution in [0.3, 0.4) is 0 Å². The number of pyridine rings is 2. The van der Waals surface area contributed by atoms with Gasteiger partial charge in [0.1, 0.15) is 11.6 Å². The lowest BCUT2D eigenvalue weighted by Gasteiger charge is -2.33. The molecule has 0 atom stereocenters. The van der Waals surface area contributed by atoms with Crippen LogP contribution in [0.4, 0.5) is 11.5 Å². The Balaban J connectivity index is 1.56. The average Bonchev–Trinajstić information content (AvgIpc) is 3.37. The summed E-state index contributed by atoms with van der Waals surface area (Å²) in [6.07, 6.45) is 7.77. The minimum absolute atomic E-state index is 0.0319. The first-order chi connectivity index (χ1) is 17.9. The number of benzene rings is 1. The molecule has 2 aliphatic heterocycles. The van der Waals surface area contributed by atoms with Crippen LogP contribution in [0.5, 0.6) is 5.75 Å². The molecule has 0 bridgehead atoms. The minimum atomic E-state index is 0.0319. The number of nitrogens with zero attached hydrogens (tertiary/aromatic N) is 5. The van der Waals surface area contributed by atoms with E-state index in [1.54, 1.807) is 11.7 Å². The summed E-state index contributed by atoms with van der Waals surface area (Å²) in [6, 6.07) is 8.50. The van der Waals surface area contributed by atoms with Crippen molar-refractivity contribution in [3.63, 3.8) is 0 Å². The van der Waals surface area contributed by atoms with E-state index in [0.717, 1.165) is 96.0 Å². The second-order valence-electron chi connectivity index (χ2n) is 10.2. The van der Waals surface area contributed by atoms with Gasteiger partial charge in [-0.05, 0) is 56.4 Å². The maximum atomic E-state index is 12.9. The molecule has 0 radical (unpaired) electrons. The van der Waals surface area contributed by atoms with Crippen molar-refractivity contribution in [3.8, 4) is 16.9 Å². The number of methoxy groups -OCH3 is 1. The summed E-state index contributed by atoms with van der Waals surface area (Å²) in [4.78, 5) is 20.5. The Morgan fingerprint density at radius 2 is 1.92 bits per heavy atom. The molecule has 5 heterocycles. The summed E-state index contributed by atoms with van der Waals surface area (Å²) in [6.45, 7) is 4.22. The number of aromatic nitrogens is 4. The van der Waals surface area contributed by atoms with E-state index >= 15 is 0 Å². The average molecular weight is 500 g/mol. The van der Waals surface area contributed by atoms with E-state index in [1.807, 2.05) is 44.2 Å². The van der Waals surface area contributed by atoms with Gasteiger partial charge in [-0.1, -0.05) is 0 Å². The molecule has 4 aromatic rings. The fourth-order valence-corrected chi connectivity index (χ4v) is 5.81. The first-order valence-corrected chi connectivity index (χ1v) is 13.0. The van der Waals surface area contributed by atoms with Crippen molar-refractivity contribution >= 4 is 22.4 Å². The third-order valence-corrected chi connectivity index (χ3v) is 7.83. The highest BCUT2D eigenvalue weighted by Gasteiger charge is 2.27. The normalized spacial score (nSPS) is 16.3. The van der Waals surface area contributed by atoms with Gasteiger partial charge in [0.2, 0.25) is 0 Å². The minimum Gasteiger partial charge on any atom is -0.496 e. The number of fused-ring (bicyclic) bond motifs is 2. The number of hydrogen-bond acceptors (Lipinski definition) is 6. The Labute approximate surface area is 216 Å². The third-order valence-electron chi connectivity index (χ3n) is 7.83. The molecule has 192 valence electrons. The number of anilines is 2. The number of hydrogen-bond donors (Lipinski definition) is 0. The summed E-state index contributed by atoms with van der Waals surface area (Å²) in [5, 5.41) is 5.36. The van der Waals surface area contributed by atoms with Crippen molar-refractivity contribution in [1.29, 1.82) is 0 Å². The Morgan fingerprint density at radius 1 is 1.11 bits per heavy atom. The molecule has 8 heteroatoms. The van der Waals surface area contributed by atoms with Crippen LogP contribution in [0, 0.1) is 6.92 Å². The summed E-state index contributed by atoms with van der Waals surface area (Å²) in [7, 11) is 5.50. The van der Waals surface area contributed by atoms with Crippen molar-refractivity contribution in [3.05, 3.63) is 63.8 Å². The predicted molar refractivity (Wildman–Crippen MR) is 145 cm³/mol. The van der Waals surface area contributed by atoms with Crippen molar-refractivity contribution in [1.82, 2.24) is 19.3 Å². The lowest BCUT2D eigenvalue weighted by Crippen LogP contribution is -2.28. The molecule has 1 fully saturated rings. The van der Waals surface area contributed by atoms with Crippen molar-refractivity contribution in [2.24, 2.45) is 14.1 Å². The van der Waals surface area contributed by atoms with Crippen molar-refractivity contribution in [2.75, 3.05) is 31.8 Å². The van der Waals surface area contributed by atoms with Crippen LogP contribution in [-0.2, 0) is 25.3 Å². The van der Waals surface area contributed by atoms with Crippen LogP contribution in [0.15, 0.2) is 41.5 Å². The molecule has 37 heavy (non-hydrogen) atoms. The van der Waals surface area contributed by atoms with Gasteiger partial charge in [0.05, 0.1) is 18.8 Å². The fourth-order valence-electron chi connectivity index (χ4n) is 5.81. The zero-order chi connectivity index (χ0) is 25.7. The maximum absolute atomic E-state index is 12.9. The van der Waals surface area contributed by atoms with Crippen LogP contribution < -0.4 is 15.2 Å². The van der Waals surface area contributed by atoms with Gasteiger partial charge < -0.3 is 18.9 Å². The highest BCUT2D eigenvalue weighted by atomic mass is 16.5. The molecule has 0 unspecified atom stereocenters. The van der Waals surface area contributed by atoms with Crippen molar-refractivity contribution in [2.45, 2.75) is 38.5 Å². The van der Waals surface area contributed by atoms with E-state index in [0.29, 0.717) is 5.92 Å². The molecule has 3 aromatic heterocycles. The summed E-state index contributed by atoms with van der Waals surface area (Å²) in [5.74, 6) is 2.04. The molecule has 0 saturated carbocycles. The SMILES string of the molecule is COc1cc2c(cc1-c1cnn(C)c1)CCCN2c1nc(C2CCOCC2)cc2c1cc(C)c(=O)n2C. The van der Waals surface area contributed by atoms with E-state index in [1.165, 1.54) is 5.56 Å². The zero-order valence-electron chi connectivity index (χ0n) is 22.0. The van der Waals surface area contributed by atoms with Gasteiger partial charge in [-0.3, -0.25) is 9.48 Å². The topological polar surface area (TPSA) is 74.4 Å². The van der Waals surface area contributed by atoms with Crippen LogP contribution in [0.25, 0.3) is 22.0 Å². The van der Waals surface area contributed by atoms with Gasteiger partial charge in [0.25, 0.3) is 5.56 Å². The highest BCUT2D eigenvalue weighted by molar-refractivity contribution is 5.94. The second kappa shape index (κ2) is 9.34. The molecule has 0 spiro atoms. The van der Waals surface area contributed by atoms with E-state index in [2.05, 4.69) is 28.2 Å². The second-order valence-corrected chi connectivity index (χ2v) is 10.2. The monoisotopic (exact) mass is 499 g/mol. The summed E-state index contributed by atoms with van der Waals surface area (Å²) < 4.78 is 15.1. The quantitative estimate of drug-likeness (QED) is 0.408. The number of ether oxygens (including phenoxy) is 2. The lowest BCUT2D eigenvalue weighted by molar-refractivity contribution is 0.0845. The summed E-state index contributed by atoms with van der Waals surface area (Å²) in [5.41, 5.74) is 7.17.